The number of nitrogens with one attached hydrogen (secondary N) is 1. The van der Waals surface area contributed by atoms with Gasteiger partial charge in [-0.1, -0.05) is 23.7 Å². The van der Waals surface area contributed by atoms with Crippen LogP contribution in [0.25, 0.3) is 0 Å². The van der Waals surface area contributed by atoms with Gasteiger partial charge in [0.2, 0.25) is 5.95 Å². The number of carbonyl (C=O) groups is 1. The lowest BCUT2D eigenvalue weighted by Crippen LogP contribution is -2.46. The maximum Gasteiger partial charge on any atom is 0.410 e. The van der Waals surface area contributed by atoms with Crippen LogP contribution < -0.4 is 21.4 Å². The Balaban J connectivity index is 1.98. The monoisotopic (exact) mass is 591 g/mol. The average Bonchev–Trinajstić information content (AvgIpc) is 2.87. The second kappa shape index (κ2) is 13.6. The van der Waals surface area contributed by atoms with Gasteiger partial charge in [-0.05, 0) is 64.4 Å². The summed E-state index contributed by atoms with van der Waals surface area (Å²) in [5, 5.41) is 12.8. The minimum absolute atomic E-state index is 0.00899. The second-order valence-corrected chi connectivity index (χ2v) is 10.9. The number of hydrogen-bond donors (Lipinski definition) is 2. The molecule has 13 heteroatoms. The quantitative estimate of drug-likeness (QED) is 0.342. The molecule has 1 aromatic heterocycles. The van der Waals surface area contributed by atoms with Gasteiger partial charge in [0.15, 0.2) is 11.6 Å². The third-order valence-corrected chi connectivity index (χ3v) is 5.82. The number of carbonyl (C=O) groups excluding carboxylic acids is 1. The molecule has 41 heavy (non-hydrogen) atoms. The van der Waals surface area contributed by atoms with E-state index in [1.165, 1.54) is 21.6 Å². The van der Waals surface area contributed by atoms with Crippen molar-refractivity contribution in [1.29, 1.82) is 0 Å². The van der Waals surface area contributed by atoms with Crippen LogP contribution in [-0.2, 0) is 17.8 Å². The van der Waals surface area contributed by atoms with E-state index >= 15 is 0 Å². The molecule has 3 rings (SSSR count). The normalized spacial score (nSPS) is 11.4. The van der Waals surface area contributed by atoms with E-state index in [4.69, 9.17) is 21.1 Å². The van der Waals surface area contributed by atoms with Crippen LogP contribution in [0.5, 0.6) is 5.75 Å². The van der Waals surface area contributed by atoms with Crippen molar-refractivity contribution in [1.82, 2.24) is 19.0 Å². The fraction of sp³-hybridized carbons (Fsp3) is 0.429. The summed E-state index contributed by atoms with van der Waals surface area (Å²) in [7, 11) is 0. The number of anilines is 2. The molecule has 0 saturated carbocycles. The molecular weight excluding hydrogens is 557 g/mol. The van der Waals surface area contributed by atoms with Gasteiger partial charge < -0.3 is 24.8 Å². The maximum atomic E-state index is 14.6. The highest BCUT2D eigenvalue weighted by molar-refractivity contribution is 6.30. The molecule has 3 aromatic rings. The molecule has 1 heterocycles. The number of benzene rings is 2. The highest BCUT2D eigenvalue weighted by Gasteiger charge is 2.23. The van der Waals surface area contributed by atoms with Crippen LogP contribution >= 0.6 is 11.6 Å². The molecule has 0 atom stereocenters. The lowest BCUT2D eigenvalue weighted by molar-refractivity contribution is 0.0211. The third-order valence-electron chi connectivity index (χ3n) is 5.57. The second-order valence-electron chi connectivity index (χ2n) is 10.5. The van der Waals surface area contributed by atoms with Crippen molar-refractivity contribution in [3.63, 3.8) is 0 Å². The molecule has 2 aromatic carbocycles. The number of amides is 1. The Morgan fingerprint density at radius 1 is 1.12 bits per heavy atom. The van der Waals surface area contributed by atoms with Gasteiger partial charge in [0.25, 0.3) is 0 Å². The predicted molar refractivity (Wildman–Crippen MR) is 154 cm³/mol. The van der Waals surface area contributed by atoms with Crippen molar-refractivity contribution >= 4 is 29.3 Å². The molecule has 0 aliphatic rings. The number of halogens is 2. The molecule has 0 unspecified atom stereocenters. The molecule has 0 aliphatic carbocycles. The van der Waals surface area contributed by atoms with Gasteiger partial charge in [-0.3, -0.25) is 4.57 Å². The van der Waals surface area contributed by atoms with Crippen LogP contribution in [0, 0.1) is 5.82 Å². The van der Waals surface area contributed by atoms with Gasteiger partial charge in [-0.2, -0.15) is 4.98 Å². The Labute approximate surface area is 242 Å². The van der Waals surface area contributed by atoms with Crippen molar-refractivity contribution in [2.24, 2.45) is 0 Å². The summed E-state index contributed by atoms with van der Waals surface area (Å²) >= 11 is 6.01. The fourth-order valence-electron chi connectivity index (χ4n) is 3.75. The van der Waals surface area contributed by atoms with Crippen LogP contribution in [0.2, 0.25) is 5.02 Å². The van der Waals surface area contributed by atoms with Crippen molar-refractivity contribution < 1.29 is 23.8 Å². The van der Waals surface area contributed by atoms with Crippen LogP contribution in [-0.4, -0.2) is 61.6 Å². The summed E-state index contributed by atoms with van der Waals surface area (Å²) in [6.07, 6.45) is -0.926. The number of ether oxygens (including phenoxy) is 2. The first-order valence-electron chi connectivity index (χ1n) is 13.1. The molecule has 1 amide bonds. The molecule has 222 valence electrons. The summed E-state index contributed by atoms with van der Waals surface area (Å²) in [6.45, 7) is 7.97. The molecule has 0 radical (unpaired) electrons. The summed E-state index contributed by atoms with van der Waals surface area (Å²) in [4.78, 5) is 44.5. The van der Waals surface area contributed by atoms with Crippen molar-refractivity contribution in [2.45, 2.75) is 59.4 Å². The molecule has 11 nitrogen and oxygen atoms in total. The largest absolute Gasteiger partial charge is 0.488 e. The average molecular weight is 592 g/mol. The highest BCUT2D eigenvalue weighted by Crippen LogP contribution is 2.24. The fourth-order valence-corrected chi connectivity index (χ4v) is 3.88. The first-order valence-corrected chi connectivity index (χ1v) is 13.4. The lowest BCUT2D eigenvalue weighted by Gasteiger charge is -2.27. The van der Waals surface area contributed by atoms with E-state index in [0.717, 1.165) is 4.57 Å². The van der Waals surface area contributed by atoms with E-state index in [1.54, 1.807) is 65.0 Å². The van der Waals surface area contributed by atoms with E-state index in [1.807, 2.05) is 0 Å². The van der Waals surface area contributed by atoms with Crippen LogP contribution in [0.15, 0.2) is 52.1 Å². The Kier molecular flexibility index (Phi) is 10.5. The zero-order valence-electron chi connectivity index (χ0n) is 23.7. The van der Waals surface area contributed by atoms with Gasteiger partial charge in [-0.15, -0.1) is 0 Å². The van der Waals surface area contributed by atoms with Gasteiger partial charge in [0, 0.05) is 29.9 Å². The number of hydrogen-bond acceptors (Lipinski definition) is 8. The summed E-state index contributed by atoms with van der Waals surface area (Å²) in [5.41, 5.74) is -1.44. The zero-order valence-corrected chi connectivity index (χ0v) is 24.4. The van der Waals surface area contributed by atoms with E-state index in [0.29, 0.717) is 10.6 Å². The smallest absolute Gasteiger partial charge is 0.410 e. The predicted octanol–water partition coefficient (Wildman–Crippen LogP) is 4.01. The number of aromatic nitrogens is 3. The number of aliphatic hydroxyl groups is 1. The van der Waals surface area contributed by atoms with Gasteiger partial charge in [0.05, 0.1) is 25.8 Å². The molecule has 0 spiro atoms. The maximum absolute atomic E-state index is 14.6. The third kappa shape index (κ3) is 9.05. The first kappa shape index (κ1) is 31.6. The SMILES string of the molecule is CC(C)Oc1ccc(Nc2nc(=O)n(CCN(CCO)C(=O)OC(C)(C)C)c(=O)n2Cc2ccc(Cl)cc2)cc1F. The minimum Gasteiger partial charge on any atom is -0.488 e. The zero-order chi connectivity index (χ0) is 30.3. The van der Waals surface area contributed by atoms with E-state index in [-0.39, 0.29) is 56.3 Å². The molecule has 0 aliphatic heterocycles. The van der Waals surface area contributed by atoms with Crippen LogP contribution in [0.3, 0.4) is 0 Å². The number of aliphatic hydroxyl groups excluding tert-OH is 1. The number of rotatable bonds is 11. The van der Waals surface area contributed by atoms with Gasteiger partial charge in [-0.25, -0.2) is 23.3 Å². The van der Waals surface area contributed by atoms with Gasteiger partial charge >= 0.3 is 17.5 Å². The summed E-state index contributed by atoms with van der Waals surface area (Å²) in [6, 6.07) is 10.9. The topological polar surface area (TPSA) is 128 Å². The van der Waals surface area contributed by atoms with Crippen LogP contribution in [0.4, 0.5) is 20.8 Å². The minimum atomic E-state index is -0.877. The molecule has 0 saturated heterocycles. The van der Waals surface area contributed by atoms with Crippen molar-refractivity contribution in [2.75, 3.05) is 25.0 Å². The van der Waals surface area contributed by atoms with Gasteiger partial charge in [0.1, 0.15) is 5.60 Å². The Hall–Kier alpha value is -3.90. The highest BCUT2D eigenvalue weighted by atomic mass is 35.5. The van der Waals surface area contributed by atoms with E-state index in [9.17, 15) is 23.9 Å². The summed E-state index contributed by atoms with van der Waals surface area (Å²) < 4.78 is 27.5. The van der Waals surface area contributed by atoms with Crippen LogP contribution in [0.1, 0.15) is 40.2 Å². The molecule has 0 bridgehead atoms. The standard InChI is InChI=1S/C28H35ClFN5O6/c1-18(2)40-23-11-10-21(16-22(23)30)31-24-32-25(37)34(13-12-33(14-15-36)27(39)41-28(3,4)5)26(38)35(24)17-19-6-8-20(29)9-7-19/h6-11,16,18,36H,12-15,17H2,1-5H3,(H,31,32,37). The van der Waals surface area contributed by atoms with Crippen molar-refractivity contribution in [3.8, 4) is 5.75 Å². The van der Waals surface area contributed by atoms with Crippen molar-refractivity contribution in [3.05, 3.63) is 79.8 Å². The first-order chi connectivity index (χ1) is 19.3. The Morgan fingerprint density at radius 2 is 1.80 bits per heavy atom. The molecule has 0 fully saturated rings. The summed E-state index contributed by atoms with van der Waals surface area (Å²) in [5.74, 6) is -0.679. The van der Waals surface area contributed by atoms with E-state index in [2.05, 4.69) is 10.3 Å². The number of nitrogens with zero attached hydrogens (tertiary/aromatic N) is 4. The Morgan fingerprint density at radius 3 is 2.39 bits per heavy atom. The lowest BCUT2D eigenvalue weighted by atomic mass is 10.2. The molecule has 2 N–H and O–H groups in total. The van der Waals surface area contributed by atoms with E-state index < -0.39 is 28.9 Å². The Bertz CT molecular complexity index is 1470. The molecular formula is C28H35ClFN5O6.